The van der Waals surface area contributed by atoms with E-state index in [1.165, 1.54) is 5.75 Å². The normalized spacial score (nSPS) is 15.2. The average molecular weight is 292 g/mol. The first kappa shape index (κ1) is 13.1. The smallest absolute Gasteiger partial charge is 0.134 e. The lowest BCUT2D eigenvalue weighted by atomic mass is 10.2. The van der Waals surface area contributed by atoms with Gasteiger partial charge < -0.3 is 9.73 Å². The van der Waals surface area contributed by atoms with Crippen molar-refractivity contribution in [1.29, 1.82) is 0 Å². The molecule has 86 valence electrons. The summed E-state index contributed by atoms with van der Waals surface area (Å²) in [7, 11) is 0. The third-order valence-corrected chi connectivity index (χ3v) is 3.94. The van der Waals surface area contributed by atoms with Gasteiger partial charge in [0.25, 0.3) is 0 Å². The van der Waals surface area contributed by atoms with Crippen LogP contribution in [0.15, 0.2) is 21.2 Å². The van der Waals surface area contributed by atoms with E-state index in [0.717, 1.165) is 16.0 Å². The van der Waals surface area contributed by atoms with Crippen molar-refractivity contribution in [2.75, 3.05) is 11.5 Å². The summed E-state index contributed by atoms with van der Waals surface area (Å²) in [4.78, 5) is 0. The molecule has 0 saturated carbocycles. The Morgan fingerprint density at radius 3 is 2.80 bits per heavy atom. The van der Waals surface area contributed by atoms with Crippen LogP contribution in [0.3, 0.4) is 0 Å². The van der Waals surface area contributed by atoms with E-state index in [2.05, 4.69) is 42.0 Å². The molecule has 1 aromatic rings. The molecule has 2 unspecified atom stereocenters. The predicted octanol–water partition coefficient (Wildman–Crippen LogP) is 3.83. The Bertz CT molecular complexity index is 290. The molecule has 1 rings (SSSR count). The van der Waals surface area contributed by atoms with Crippen molar-refractivity contribution in [2.45, 2.75) is 32.9 Å². The van der Waals surface area contributed by atoms with E-state index < -0.39 is 0 Å². The number of nitrogens with one attached hydrogen (secondary N) is 1. The van der Waals surface area contributed by atoms with Crippen LogP contribution in [0.25, 0.3) is 0 Å². The van der Waals surface area contributed by atoms with E-state index in [4.69, 9.17) is 4.42 Å². The second kappa shape index (κ2) is 6.61. The van der Waals surface area contributed by atoms with Crippen LogP contribution in [0.2, 0.25) is 0 Å². The molecule has 0 radical (unpaired) electrons. The highest BCUT2D eigenvalue weighted by molar-refractivity contribution is 9.10. The molecular weight excluding hydrogens is 274 g/mol. The minimum absolute atomic E-state index is 0.252. The second-order valence-corrected chi connectivity index (χ2v) is 5.75. The number of halogens is 1. The van der Waals surface area contributed by atoms with Crippen molar-refractivity contribution < 1.29 is 4.42 Å². The number of rotatable bonds is 6. The van der Waals surface area contributed by atoms with Gasteiger partial charge in [0.05, 0.1) is 16.8 Å². The molecule has 1 aromatic heterocycles. The zero-order valence-electron chi connectivity index (χ0n) is 9.42. The maximum absolute atomic E-state index is 5.42. The molecule has 4 heteroatoms. The van der Waals surface area contributed by atoms with Gasteiger partial charge in [-0.1, -0.05) is 6.92 Å². The molecule has 0 aromatic carbocycles. The van der Waals surface area contributed by atoms with Crippen molar-refractivity contribution in [3.8, 4) is 0 Å². The zero-order valence-corrected chi connectivity index (χ0v) is 11.8. The molecule has 0 spiro atoms. The summed E-state index contributed by atoms with van der Waals surface area (Å²) in [6.45, 7) is 6.51. The van der Waals surface area contributed by atoms with Gasteiger partial charge in [0.2, 0.25) is 0 Å². The van der Waals surface area contributed by atoms with Crippen molar-refractivity contribution in [1.82, 2.24) is 5.32 Å². The quantitative estimate of drug-likeness (QED) is 0.862. The lowest BCUT2D eigenvalue weighted by Gasteiger charge is -2.18. The summed E-state index contributed by atoms with van der Waals surface area (Å²) in [5, 5.41) is 3.51. The Morgan fingerprint density at radius 2 is 2.27 bits per heavy atom. The third kappa shape index (κ3) is 4.21. The van der Waals surface area contributed by atoms with Crippen molar-refractivity contribution in [3.63, 3.8) is 0 Å². The van der Waals surface area contributed by atoms with Crippen molar-refractivity contribution in [3.05, 3.63) is 22.6 Å². The predicted molar refractivity (Wildman–Crippen MR) is 70.4 cm³/mol. The van der Waals surface area contributed by atoms with E-state index in [-0.39, 0.29) is 6.04 Å². The Labute approximate surface area is 104 Å². The molecule has 0 amide bonds. The topological polar surface area (TPSA) is 25.2 Å². The van der Waals surface area contributed by atoms with E-state index in [9.17, 15) is 0 Å². The van der Waals surface area contributed by atoms with Crippen LogP contribution < -0.4 is 5.32 Å². The van der Waals surface area contributed by atoms with Crippen LogP contribution in [-0.2, 0) is 0 Å². The fourth-order valence-electron chi connectivity index (χ4n) is 1.46. The van der Waals surface area contributed by atoms with E-state index >= 15 is 0 Å². The average Bonchev–Trinajstić information content (AvgIpc) is 2.61. The number of thioether (sulfide) groups is 1. The molecule has 0 saturated heterocycles. The molecule has 2 atom stereocenters. The highest BCUT2D eigenvalue weighted by Gasteiger charge is 2.14. The van der Waals surface area contributed by atoms with Gasteiger partial charge in [-0.15, -0.1) is 0 Å². The van der Waals surface area contributed by atoms with Crippen LogP contribution in [0.1, 0.15) is 32.6 Å². The summed E-state index contributed by atoms with van der Waals surface area (Å²) in [6, 6.07) is 2.68. The van der Waals surface area contributed by atoms with Gasteiger partial charge in [-0.25, -0.2) is 0 Å². The van der Waals surface area contributed by atoms with Crippen LogP contribution in [0.5, 0.6) is 0 Å². The standard InChI is InChI=1S/C11H18BrNOS/c1-4-15-7-8(2)13-9(3)11-10(12)5-6-14-11/h5-6,8-9,13H,4,7H2,1-3H3. The number of hydrogen-bond donors (Lipinski definition) is 1. The highest BCUT2D eigenvalue weighted by Crippen LogP contribution is 2.24. The van der Waals surface area contributed by atoms with Crippen LogP contribution in [-0.4, -0.2) is 17.5 Å². The van der Waals surface area contributed by atoms with Crippen molar-refractivity contribution >= 4 is 27.7 Å². The minimum atomic E-state index is 0.252. The molecule has 1 N–H and O–H groups in total. The Balaban J connectivity index is 2.42. The lowest BCUT2D eigenvalue weighted by molar-refractivity contribution is 0.408. The molecule has 1 heterocycles. The minimum Gasteiger partial charge on any atom is -0.466 e. The molecule has 15 heavy (non-hydrogen) atoms. The third-order valence-electron chi connectivity index (χ3n) is 2.14. The van der Waals surface area contributed by atoms with Gasteiger partial charge in [0, 0.05) is 11.8 Å². The van der Waals surface area contributed by atoms with Gasteiger partial charge in [-0.2, -0.15) is 11.8 Å². The molecule has 0 aliphatic carbocycles. The van der Waals surface area contributed by atoms with Gasteiger partial charge in [-0.3, -0.25) is 0 Å². The molecule has 0 aliphatic rings. The van der Waals surface area contributed by atoms with E-state index in [1.54, 1.807) is 6.26 Å². The fraction of sp³-hybridized carbons (Fsp3) is 0.636. The summed E-state index contributed by atoms with van der Waals surface area (Å²) in [5.74, 6) is 3.28. The first-order chi connectivity index (χ1) is 7.15. The van der Waals surface area contributed by atoms with Gasteiger partial charge in [-0.05, 0) is 41.6 Å². The summed E-state index contributed by atoms with van der Waals surface area (Å²) in [5.41, 5.74) is 0. The molecule has 0 aliphatic heterocycles. The summed E-state index contributed by atoms with van der Waals surface area (Å²) < 4.78 is 6.45. The maximum Gasteiger partial charge on any atom is 0.134 e. The first-order valence-electron chi connectivity index (χ1n) is 5.21. The molecule has 0 fully saturated rings. The zero-order chi connectivity index (χ0) is 11.3. The van der Waals surface area contributed by atoms with E-state index in [1.807, 2.05) is 17.8 Å². The van der Waals surface area contributed by atoms with E-state index in [0.29, 0.717) is 6.04 Å². The molecule has 0 bridgehead atoms. The van der Waals surface area contributed by atoms with Gasteiger partial charge in [0.1, 0.15) is 5.76 Å². The summed E-state index contributed by atoms with van der Waals surface area (Å²) in [6.07, 6.45) is 1.71. The van der Waals surface area contributed by atoms with Crippen LogP contribution in [0.4, 0.5) is 0 Å². The van der Waals surface area contributed by atoms with Crippen LogP contribution >= 0.6 is 27.7 Å². The number of furan rings is 1. The monoisotopic (exact) mass is 291 g/mol. The largest absolute Gasteiger partial charge is 0.466 e. The van der Waals surface area contributed by atoms with Crippen LogP contribution in [0, 0.1) is 0 Å². The molecular formula is C11H18BrNOS. The number of hydrogen-bond acceptors (Lipinski definition) is 3. The fourth-order valence-corrected chi connectivity index (χ4v) is 2.69. The summed E-state index contributed by atoms with van der Waals surface area (Å²) >= 11 is 5.43. The Morgan fingerprint density at radius 1 is 1.53 bits per heavy atom. The van der Waals surface area contributed by atoms with Crippen molar-refractivity contribution in [2.24, 2.45) is 0 Å². The first-order valence-corrected chi connectivity index (χ1v) is 7.16. The van der Waals surface area contributed by atoms with Gasteiger partial charge in [0.15, 0.2) is 0 Å². The van der Waals surface area contributed by atoms with Gasteiger partial charge >= 0.3 is 0 Å². The lowest BCUT2D eigenvalue weighted by Crippen LogP contribution is -2.30. The highest BCUT2D eigenvalue weighted by atomic mass is 79.9. The maximum atomic E-state index is 5.42. The molecule has 2 nitrogen and oxygen atoms in total. The Hall–Kier alpha value is 0.0700. The SMILES string of the molecule is CCSCC(C)NC(C)c1occc1Br. The Kier molecular flexibility index (Phi) is 5.79. The second-order valence-electron chi connectivity index (χ2n) is 3.58.